The number of halogens is 1. The molecular weight excluding hydrogens is 450 g/mol. The summed E-state index contributed by atoms with van der Waals surface area (Å²) in [4.78, 5) is 26.6. The predicted molar refractivity (Wildman–Crippen MR) is 128 cm³/mol. The lowest BCUT2D eigenvalue weighted by Crippen LogP contribution is -2.43. The Morgan fingerprint density at radius 2 is 2.12 bits per heavy atom. The molecule has 0 spiro atoms. The molecule has 1 atom stereocenters. The first-order valence-corrected chi connectivity index (χ1v) is 12.0. The lowest BCUT2D eigenvalue weighted by Gasteiger charge is -2.32. The second kappa shape index (κ2) is 11.9. The third-order valence-electron chi connectivity index (χ3n) is 5.08. The fourth-order valence-corrected chi connectivity index (χ4v) is 4.30. The highest BCUT2D eigenvalue weighted by Gasteiger charge is 2.26. The second-order valence-electron chi connectivity index (χ2n) is 7.49. The molecule has 172 valence electrons. The molecule has 0 radical (unpaired) electrons. The van der Waals surface area contributed by atoms with Gasteiger partial charge in [0.25, 0.3) is 0 Å². The first-order valence-electron chi connectivity index (χ1n) is 10.6. The summed E-state index contributed by atoms with van der Waals surface area (Å²) in [5.41, 5.74) is 0.602. The van der Waals surface area contributed by atoms with Crippen molar-refractivity contribution in [1.29, 1.82) is 0 Å². The molecule has 0 bridgehead atoms. The number of methoxy groups -OCH3 is 1. The molecule has 1 aromatic carbocycles. The van der Waals surface area contributed by atoms with Crippen LogP contribution in [-0.2, 0) is 9.59 Å². The van der Waals surface area contributed by atoms with Crippen molar-refractivity contribution in [2.24, 2.45) is 5.92 Å². The Labute approximate surface area is 197 Å². The van der Waals surface area contributed by atoms with Gasteiger partial charge in [-0.25, -0.2) is 0 Å². The first-order chi connectivity index (χ1) is 15.5. The maximum atomic E-state index is 12.3. The summed E-state index contributed by atoms with van der Waals surface area (Å²) < 4.78 is 5.11. The Morgan fingerprint density at radius 3 is 2.81 bits per heavy atom. The Bertz CT molecular complexity index is 928. The minimum atomic E-state index is -0.168. The Hall–Kier alpha value is -2.52. The monoisotopic (exact) mass is 477 g/mol. The number of nitrogens with one attached hydrogen (secondary N) is 2. The summed E-state index contributed by atoms with van der Waals surface area (Å²) in [5.74, 6) is 1.41. The van der Waals surface area contributed by atoms with E-state index in [2.05, 4.69) is 25.7 Å². The van der Waals surface area contributed by atoms with E-state index in [9.17, 15) is 9.59 Å². The summed E-state index contributed by atoms with van der Waals surface area (Å²) >= 11 is 7.39. The smallest absolute Gasteiger partial charge is 0.234 e. The molecule has 1 aromatic heterocycles. The van der Waals surface area contributed by atoms with Crippen LogP contribution in [0.2, 0.25) is 5.02 Å². The fourth-order valence-electron chi connectivity index (χ4n) is 3.43. The lowest BCUT2D eigenvalue weighted by atomic mass is 9.97. The van der Waals surface area contributed by atoms with Crippen molar-refractivity contribution in [3.05, 3.63) is 35.4 Å². The second-order valence-corrected chi connectivity index (χ2v) is 8.89. The normalized spacial score (nSPS) is 15.8. The maximum absolute atomic E-state index is 12.3. The van der Waals surface area contributed by atoms with Gasteiger partial charge in [-0.05, 0) is 49.6 Å². The van der Waals surface area contributed by atoms with Crippen LogP contribution in [0.25, 0.3) is 0 Å². The minimum Gasteiger partial charge on any atom is -0.495 e. The van der Waals surface area contributed by atoms with Crippen molar-refractivity contribution in [3.63, 3.8) is 0 Å². The van der Waals surface area contributed by atoms with Gasteiger partial charge < -0.3 is 20.3 Å². The van der Waals surface area contributed by atoms with E-state index in [-0.39, 0.29) is 23.5 Å². The maximum Gasteiger partial charge on any atom is 0.234 e. The van der Waals surface area contributed by atoms with Crippen molar-refractivity contribution in [1.82, 2.24) is 15.5 Å². The molecular formula is C22H28ClN5O3S. The molecule has 0 aliphatic carbocycles. The molecule has 1 fully saturated rings. The van der Waals surface area contributed by atoms with Crippen LogP contribution >= 0.6 is 23.4 Å². The van der Waals surface area contributed by atoms with Gasteiger partial charge in [0, 0.05) is 25.3 Å². The van der Waals surface area contributed by atoms with E-state index in [0.29, 0.717) is 34.6 Å². The number of aromatic nitrogens is 2. The van der Waals surface area contributed by atoms with Crippen LogP contribution in [0.4, 0.5) is 11.5 Å². The van der Waals surface area contributed by atoms with E-state index >= 15 is 0 Å². The molecule has 1 aliphatic rings. The quantitative estimate of drug-likeness (QED) is 0.532. The number of carbonyl (C=O) groups is 2. The number of hydrogen-bond donors (Lipinski definition) is 2. The highest BCUT2D eigenvalue weighted by atomic mass is 35.5. The van der Waals surface area contributed by atoms with Gasteiger partial charge in [-0.3, -0.25) is 9.59 Å². The van der Waals surface area contributed by atoms with Crippen molar-refractivity contribution < 1.29 is 14.3 Å². The molecule has 32 heavy (non-hydrogen) atoms. The molecule has 0 saturated carbocycles. The number of thioether (sulfide) groups is 1. The summed E-state index contributed by atoms with van der Waals surface area (Å²) in [5, 5.41) is 15.4. The number of piperidine rings is 1. The number of rotatable bonds is 9. The molecule has 2 heterocycles. The lowest BCUT2D eigenvalue weighted by molar-refractivity contribution is -0.125. The third kappa shape index (κ3) is 6.74. The van der Waals surface area contributed by atoms with Gasteiger partial charge in [-0.2, -0.15) is 0 Å². The van der Waals surface area contributed by atoms with Gasteiger partial charge in [0.2, 0.25) is 11.8 Å². The molecule has 2 aromatic rings. The van der Waals surface area contributed by atoms with Gasteiger partial charge in [-0.15, -0.1) is 10.2 Å². The number of nitrogens with zero attached hydrogens (tertiary/aromatic N) is 3. The van der Waals surface area contributed by atoms with Crippen molar-refractivity contribution in [3.8, 4) is 5.75 Å². The SMILES string of the molecule is CCCNC(=O)C1CCCN(c2ccc(SCC(=O)Nc3ccc(OC)c(Cl)c3)nn2)C1. The van der Waals surface area contributed by atoms with E-state index in [1.165, 1.54) is 18.9 Å². The number of amides is 2. The van der Waals surface area contributed by atoms with Gasteiger partial charge >= 0.3 is 0 Å². The van der Waals surface area contributed by atoms with Crippen LogP contribution < -0.4 is 20.3 Å². The van der Waals surface area contributed by atoms with Crippen LogP contribution in [0.15, 0.2) is 35.4 Å². The molecule has 2 amide bonds. The summed E-state index contributed by atoms with van der Waals surface area (Å²) in [7, 11) is 1.54. The van der Waals surface area contributed by atoms with Crippen LogP contribution in [-0.4, -0.2) is 54.5 Å². The molecule has 1 unspecified atom stereocenters. The highest BCUT2D eigenvalue weighted by Crippen LogP contribution is 2.27. The van der Waals surface area contributed by atoms with Crippen LogP contribution in [0.3, 0.4) is 0 Å². The van der Waals surface area contributed by atoms with E-state index in [4.69, 9.17) is 16.3 Å². The van der Waals surface area contributed by atoms with Gasteiger partial charge in [0.05, 0.1) is 23.8 Å². The fraction of sp³-hybridized carbons (Fsp3) is 0.455. The zero-order valence-corrected chi connectivity index (χ0v) is 19.8. The Morgan fingerprint density at radius 1 is 1.28 bits per heavy atom. The van der Waals surface area contributed by atoms with E-state index in [0.717, 1.165) is 31.6 Å². The van der Waals surface area contributed by atoms with Gasteiger partial charge in [0.15, 0.2) is 5.82 Å². The molecule has 8 nitrogen and oxygen atoms in total. The molecule has 3 rings (SSSR count). The van der Waals surface area contributed by atoms with Crippen LogP contribution in [0, 0.1) is 5.92 Å². The zero-order chi connectivity index (χ0) is 22.9. The third-order valence-corrected chi connectivity index (χ3v) is 6.29. The first kappa shape index (κ1) is 24.1. The van der Waals surface area contributed by atoms with Gasteiger partial charge in [-0.1, -0.05) is 30.3 Å². The van der Waals surface area contributed by atoms with Crippen molar-refractivity contribution in [2.75, 3.05) is 42.7 Å². The zero-order valence-electron chi connectivity index (χ0n) is 18.3. The largest absolute Gasteiger partial charge is 0.495 e. The van der Waals surface area contributed by atoms with Gasteiger partial charge in [0.1, 0.15) is 10.8 Å². The van der Waals surface area contributed by atoms with E-state index < -0.39 is 0 Å². The van der Waals surface area contributed by atoms with Crippen LogP contribution in [0.1, 0.15) is 26.2 Å². The summed E-state index contributed by atoms with van der Waals surface area (Å²) in [6, 6.07) is 8.82. The van der Waals surface area contributed by atoms with Crippen molar-refractivity contribution in [2.45, 2.75) is 31.2 Å². The average molecular weight is 478 g/mol. The molecule has 1 aliphatic heterocycles. The van der Waals surface area contributed by atoms with E-state index in [1.807, 2.05) is 19.1 Å². The van der Waals surface area contributed by atoms with Crippen LogP contribution in [0.5, 0.6) is 5.75 Å². The number of carbonyl (C=O) groups excluding carboxylic acids is 2. The summed E-state index contributed by atoms with van der Waals surface area (Å²) in [6.45, 7) is 4.25. The number of anilines is 2. The minimum absolute atomic E-state index is 0.0266. The predicted octanol–water partition coefficient (Wildman–Crippen LogP) is 3.61. The number of ether oxygens (including phenoxy) is 1. The number of hydrogen-bond acceptors (Lipinski definition) is 7. The molecule has 10 heteroatoms. The highest BCUT2D eigenvalue weighted by molar-refractivity contribution is 7.99. The molecule has 1 saturated heterocycles. The standard InChI is InChI=1S/C22H28ClN5O3S/c1-3-10-24-22(30)15-5-4-11-28(13-15)19-8-9-21(27-26-19)32-14-20(29)25-16-6-7-18(31-2)17(23)12-16/h6-9,12,15H,3-5,10-11,13-14H2,1-2H3,(H,24,30)(H,25,29). The Kier molecular flexibility index (Phi) is 8.99. The number of benzene rings is 1. The Balaban J connectivity index is 1.49. The topological polar surface area (TPSA) is 96.5 Å². The van der Waals surface area contributed by atoms with Crippen molar-refractivity contribution >= 4 is 46.7 Å². The van der Waals surface area contributed by atoms with E-state index in [1.54, 1.807) is 18.2 Å². The molecule has 2 N–H and O–H groups in total. The summed E-state index contributed by atoms with van der Waals surface area (Å²) in [6.07, 6.45) is 2.76. The average Bonchev–Trinajstić information content (AvgIpc) is 2.82.